The Hall–Kier alpha value is -0.960. The zero-order valence-corrected chi connectivity index (χ0v) is 14.2. The van der Waals surface area contributed by atoms with Crippen LogP contribution >= 0.6 is 0 Å². The van der Waals surface area contributed by atoms with Crippen LogP contribution < -0.4 is 4.72 Å². The fourth-order valence-electron chi connectivity index (χ4n) is 2.60. The van der Waals surface area contributed by atoms with Crippen LogP contribution in [-0.4, -0.2) is 40.3 Å². The average molecular weight is 347 g/mol. The molecule has 1 atom stereocenters. The number of aliphatic hydroxyl groups is 1. The van der Waals surface area contributed by atoms with E-state index in [2.05, 4.69) is 4.72 Å². The van der Waals surface area contributed by atoms with Gasteiger partial charge in [-0.3, -0.25) is 0 Å². The molecule has 1 aromatic carbocycles. The lowest BCUT2D eigenvalue weighted by Crippen LogP contribution is -2.46. The predicted octanol–water partition coefficient (Wildman–Crippen LogP) is 0.918. The summed E-state index contributed by atoms with van der Waals surface area (Å²) in [7, 11) is -7.05. The van der Waals surface area contributed by atoms with Gasteiger partial charge in [-0.2, -0.15) is 0 Å². The molecule has 0 radical (unpaired) electrons. The number of aliphatic hydroxyl groups excluding tert-OH is 1. The Morgan fingerprint density at radius 2 is 1.64 bits per heavy atom. The molecule has 8 heteroatoms. The lowest BCUT2D eigenvalue weighted by molar-refractivity contribution is 0.0277. The summed E-state index contributed by atoms with van der Waals surface area (Å²) in [6.07, 6.45) is 2.58. The van der Waals surface area contributed by atoms with Gasteiger partial charge < -0.3 is 5.11 Å². The SMILES string of the molecule is CC[C@H](NS(=O)(=O)c1ccc(S(C)(=O)=O)cc1)C1CC(O)C1. The van der Waals surface area contributed by atoms with E-state index < -0.39 is 19.9 Å². The van der Waals surface area contributed by atoms with Gasteiger partial charge in [0.1, 0.15) is 0 Å². The molecule has 0 unspecified atom stereocenters. The van der Waals surface area contributed by atoms with Crippen molar-refractivity contribution in [3.05, 3.63) is 24.3 Å². The van der Waals surface area contributed by atoms with Crippen molar-refractivity contribution in [2.45, 2.75) is 48.1 Å². The summed E-state index contributed by atoms with van der Waals surface area (Å²) in [5.74, 6) is 0.144. The fourth-order valence-corrected chi connectivity index (χ4v) is 4.62. The number of hydrogen-bond donors (Lipinski definition) is 2. The molecular weight excluding hydrogens is 326 g/mol. The monoisotopic (exact) mass is 347 g/mol. The molecule has 0 bridgehead atoms. The third kappa shape index (κ3) is 3.87. The number of benzene rings is 1. The first-order valence-electron chi connectivity index (χ1n) is 7.14. The van der Waals surface area contributed by atoms with Crippen LogP contribution in [-0.2, 0) is 19.9 Å². The van der Waals surface area contributed by atoms with Crippen LogP contribution in [0.4, 0.5) is 0 Å². The maximum Gasteiger partial charge on any atom is 0.240 e. The van der Waals surface area contributed by atoms with Gasteiger partial charge in [0.2, 0.25) is 10.0 Å². The quantitative estimate of drug-likeness (QED) is 0.797. The largest absolute Gasteiger partial charge is 0.393 e. The number of hydrogen-bond acceptors (Lipinski definition) is 5. The van der Waals surface area contributed by atoms with E-state index in [1.807, 2.05) is 6.92 Å². The molecule has 6 nitrogen and oxygen atoms in total. The zero-order chi connectivity index (χ0) is 16.5. The molecule has 0 saturated heterocycles. The molecule has 2 rings (SSSR count). The van der Waals surface area contributed by atoms with Gasteiger partial charge in [-0.05, 0) is 49.4 Å². The van der Waals surface area contributed by atoms with E-state index in [0.29, 0.717) is 19.3 Å². The molecule has 0 spiro atoms. The molecule has 1 aromatic rings. The Bertz CT molecular complexity index is 719. The summed E-state index contributed by atoms with van der Waals surface area (Å²) in [6, 6.07) is 4.95. The van der Waals surface area contributed by atoms with Gasteiger partial charge >= 0.3 is 0 Å². The maximum absolute atomic E-state index is 12.4. The summed E-state index contributed by atoms with van der Waals surface area (Å²) in [5.41, 5.74) is 0. The number of sulfonamides is 1. The van der Waals surface area contributed by atoms with Crippen LogP contribution in [0, 0.1) is 5.92 Å². The Labute approximate surface area is 131 Å². The number of sulfone groups is 1. The Morgan fingerprint density at radius 1 is 1.14 bits per heavy atom. The lowest BCUT2D eigenvalue weighted by Gasteiger charge is -2.37. The summed E-state index contributed by atoms with van der Waals surface area (Å²) < 4.78 is 50.2. The van der Waals surface area contributed by atoms with Crippen LogP contribution in [0.15, 0.2) is 34.1 Å². The second kappa shape index (κ2) is 6.27. The number of nitrogens with one attached hydrogen (secondary N) is 1. The molecule has 2 N–H and O–H groups in total. The van der Waals surface area contributed by atoms with Crippen molar-refractivity contribution in [1.29, 1.82) is 0 Å². The van der Waals surface area contributed by atoms with Gasteiger partial charge in [0.15, 0.2) is 9.84 Å². The highest BCUT2D eigenvalue weighted by molar-refractivity contribution is 7.90. The van der Waals surface area contributed by atoms with E-state index in [9.17, 15) is 21.9 Å². The minimum absolute atomic E-state index is 0.0400. The highest BCUT2D eigenvalue weighted by Gasteiger charge is 2.35. The first kappa shape index (κ1) is 17.4. The Morgan fingerprint density at radius 3 is 2.05 bits per heavy atom. The highest BCUT2D eigenvalue weighted by Crippen LogP contribution is 2.32. The van der Waals surface area contributed by atoms with Crippen LogP contribution in [0.2, 0.25) is 0 Å². The molecule has 1 aliphatic carbocycles. The number of rotatable bonds is 6. The Balaban J connectivity index is 2.16. The molecule has 0 amide bonds. The Kier molecular flexibility index (Phi) is 4.96. The van der Waals surface area contributed by atoms with Crippen molar-refractivity contribution in [2.75, 3.05) is 6.26 Å². The van der Waals surface area contributed by atoms with Crippen LogP contribution in [0.3, 0.4) is 0 Å². The molecule has 1 fully saturated rings. The van der Waals surface area contributed by atoms with Gasteiger partial charge in [-0.15, -0.1) is 0 Å². The first-order valence-corrected chi connectivity index (χ1v) is 10.5. The third-order valence-electron chi connectivity index (χ3n) is 4.03. The lowest BCUT2D eigenvalue weighted by atomic mass is 9.77. The topological polar surface area (TPSA) is 101 Å². The zero-order valence-electron chi connectivity index (χ0n) is 12.6. The van der Waals surface area contributed by atoms with Crippen molar-refractivity contribution in [3.63, 3.8) is 0 Å². The van der Waals surface area contributed by atoms with E-state index in [0.717, 1.165) is 6.26 Å². The molecule has 1 aliphatic rings. The smallest absolute Gasteiger partial charge is 0.240 e. The van der Waals surface area contributed by atoms with Crippen LogP contribution in [0.25, 0.3) is 0 Å². The van der Waals surface area contributed by atoms with E-state index in [4.69, 9.17) is 0 Å². The summed E-state index contributed by atoms with van der Waals surface area (Å²) in [4.78, 5) is 0.124. The van der Waals surface area contributed by atoms with Gasteiger partial charge in [-0.1, -0.05) is 6.92 Å². The predicted molar refractivity (Wildman–Crippen MR) is 82.7 cm³/mol. The molecule has 22 heavy (non-hydrogen) atoms. The summed E-state index contributed by atoms with van der Waals surface area (Å²) >= 11 is 0. The second-order valence-electron chi connectivity index (χ2n) is 5.76. The standard InChI is InChI=1S/C14H21NO5S2/c1-3-14(10-8-11(16)9-10)15-22(19,20)13-6-4-12(5-7-13)21(2,17)18/h4-7,10-11,14-16H,3,8-9H2,1-2H3/t10?,11?,14-/m0/s1. The van der Waals surface area contributed by atoms with Crippen molar-refractivity contribution in [3.8, 4) is 0 Å². The van der Waals surface area contributed by atoms with Crippen molar-refractivity contribution >= 4 is 19.9 Å². The highest BCUT2D eigenvalue weighted by atomic mass is 32.2. The fraction of sp³-hybridized carbons (Fsp3) is 0.571. The molecular formula is C14H21NO5S2. The van der Waals surface area contributed by atoms with E-state index in [-0.39, 0.29) is 27.9 Å². The second-order valence-corrected chi connectivity index (χ2v) is 9.49. The molecule has 1 saturated carbocycles. The molecule has 124 valence electrons. The van der Waals surface area contributed by atoms with Gasteiger partial charge in [0.25, 0.3) is 0 Å². The molecule has 0 aliphatic heterocycles. The van der Waals surface area contributed by atoms with Gasteiger partial charge in [0.05, 0.1) is 15.9 Å². The van der Waals surface area contributed by atoms with Crippen LogP contribution in [0.1, 0.15) is 26.2 Å². The molecule has 0 aromatic heterocycles. The van der Waals surface area contributed by atoms with E-state index in [1.165, 1.54) is 24.3 Å². The minimum Gasteiger partial charge on any atom is -0.393 e. The van der Waals surface area contributed by atoms with Crippen molar-refractivity contribution < 1.29 is 21.9 Å². The van der Waals surface area contributed by atoms with Crippen molar-refractivity contribution in [2.24, 2.45) is 5.92 Å². The third-order valence-corrected chi connectivity index (χ3v) is 6.66. The van der Waals surface area contributed by atoms with Crippen LogP contribution in [0.5, 0.6) is 0 Å². The first-order chi connectivity index (χ1) is 10.1. The van der Waals surface area contributed by atoms with Gasteiger partial charge in [-0.25, -0.2) is 21.6 Å². The van der Waals surface area contributed by atoms with Crippen molar-refractivity contribution in [1.82, 2.24) is 4.72 Å². The summed E-state index contributed by atoms with van der Waals surface area (Å²) in [5, 5.41) is 9.35. The maximum atomic E-state index is 12.4. The minimum atomic E-state index is -3.70. The average Bonchev–Trinajstić information content (AvgIpc) is 2.41. The normalized spacial score (nSPS) is 23.8. The van der Waals surface area contributed by atoms with E-state index in [1.54, 1.807) is 0 Å². The van der Waals surface area contributed by atoms with E-state index >= 15 is 0 Å². The molecule has 0 heterocycles. The summed E-state index contributed by atoms with van der Waals surface area (Å²) in [6.45, 7) is 1.89. The van der Waals surface area contributed by atoms with Gasteiger partial charge in [0, 0.05) is 12.3 Å².